The van der Waals surface area contributed by atoms with E-state index in [4.69, 9.17) is 24.1 Å². The molecule has 8 heteroatoms. The second-order valence-corrected chi connectivity index (χ2v) is 11.6. The predicted molar refractivity (Wildman–Crippen MR) is 132 cm³/mol. The van der Waals surface area contributed by atoms with Crippen molar-refractivity contribution in [1.82, 2.24) is 0 Å². The molecular weight excluding hydrogens is 452 g/mol. The Bertz CT molecular complexity index is 676. The number of aliphatic hydroxyl groups excluding tert-OH is 1. The van der Waals surface area contributed by atoms with E-state index in [9.17, 15) is 14.4 Å². The van der Waals surface area contributed by atoms with Crippen molar-refractivity contribution in [3.05, 3.63) is 0 Å². The van der Waals surface area contributed by atoms with Crippen LogP contribution in [0.2, 0.25) is 0 Å². The first kappa shape index (κ1) is 31.4. The molecule has 0 aromatic carbocycles. The number of cyclic esters (lactones) is 1. The second-order valence-electron chi connectivity index (χ2n) is 11.6. The van der Waals surface area contributed by atoms with Gasteiger partial charge in [-0.05, 0) is 33.6 Å². The topological polar surface area (TPSA) is 108 Å². The first-order valence-electron chi connectivity index (χ1n) is 13.1. The summed E-state index contributed by atoms with van der Waals surface area (Å²) in [5, 5.41) is 8.84. The van der Waals surface area contributed by atoms with Gasteiger partial charge < -0.3 is 24.1 Å². The van der Waals surface area contributed by atoms with Crippen LogP contribution in [0.15, 0.2) is 0 Å². The van der Waals surface area contributed by atoms with Crippen molar-refractivity contribution in [1.29, 1.82) is 0 Å². The highest BCUT2D eigenvalue weighted by Crippen LogP contribution is 2.43. The third-order valence-electron chi connectivity index (χ3n) is 6.11. The summed E-state index contributed by atoms with van der Waals surface area (Å²) in [5.74, 6) is -2.91. The molecule has 1 aliphatic heterocycles. The molecule has 35 heavy (non-hydrogen) atoms. The molecular formula is C27H48O8. The Hall–Kier alpha value is -1.67. The number of methoxy groups -OCH3 is 1. The molecule has 0 amide bonds. The highest BCUT2D eigenvalue weighted by atomic mass is 16.8. The molecule has 1 fully saturated rings. The molecule has 1 N–H and O–H groups in total. The van der Waals surface area contributed by atoms with Gasteiger partial charge in [0, 0.05) is 12.0 Å². The number of unbranched alkanes of at least 4 members (excludes halogenated alkanes) is 8. The molecule has 1 saturated heterocycles. The Morgan fingerprint density at radius 1 is 0.943 bits per heavy atom. The van der Waals surface area contributed by atoms with E-state index in [0.717, 1.165) is 51.4 Å². The number of esters is 3. The van der Waals surface area contributed by atoms with Crippen LogP contribution in [0, 0.1) is 11.3 Å². The van der Waals surface area contributed by atoms with Crippen molar-refractivity contribution in [2.75, 3.05) is 13.7 Å². The molecule has 1 aliphatic rings. The molecule has 0 bridgehead atoms. The molecule has 0 aliphatic carbocycles. The fourth-order valence-corrected chi connectivity index (χ4v) is 4.25. The van der Waals surface area contributed by atoms with Gasteiger partial charge in [0.1, 0.15) is 5.60 Å². The molecule has 8 nitrogen and oxygen atoms in total. The van der Waals surface area contributed by atoms with Crippen molar-refractivity contribution >= 4 is 17.9 Å². The maximum absolute atomic E-state index is 13.2. The van der Waals surface area contributed by atoms with Crippen LogP contribution in [0.3, 0.4) is 0 Å². The molecule has 0 unspecified atom stereocenters. The van der Waals surface area contributed by atoms with Crippen molar-refractivity contribution in [2.24, 2.45) is 11.3 Å². The Morgan fingerprint density at radius 3 is 1.89 bits per heavy atom. The van der Waals surface area contributed by atoms with Crippen LogP contribution >= 0.6 is 0 Å². The zero-order chi connectivity index (χ0) is 26.7. The number of carbonyl (C=O) groups is 3. The maximum Gasteiger partial charge on any atom is 0.342 e. The van der Waals surface area contributed by atoms with Crippen molar-refractivity contribution in [3.8, 4) is 0 Å². The molecule has 0 aromatic heterocycles. The van der Waals surface area contributed by atoms with E-state index >= 15 is 0 Å². The first-order valence-corrected chi connectivity index (χ1v) is 13.1. The highest BCUT2D eigenvalue weighted by Gasteiger charge is 2.61. The standard InChI is InChI=1S/C27H48O8/c1-25(2,3)24-33-23(31)27(35-24,19-21(29)34-26(4,5)6)20(22(30)32-7)17-15-13-11-9-8-10-12-14-16-18-28/h20,24,28H,8-19H2,1-7H3/t20-,24-,27+/m0/s1. The maximum atomic E-state index is 13.2. The summed E-state index contributed by atoms with van der Waals surface area (Å²) in [7, 11) is 1.27. The van der Waals surface area contributed by atoms with Crippen LogP contribution in [-0.2, 0) is 33.3 Å². The lowest BCUT2D eigenvalue weighted by molar-refractivity contribution is -0.186. The van der Waals surface area contributed by atoms with Crippen LogP contribution in [0.4, 0.5) is 0 Å². The third kappa shape index (κ3) is 10.5. The van der Waals surface area contributed by atoms with Crippen molar-refractivity contribution in [3.63, 3.8) is 0 Å². The summed E-state index contributed by atoms with van der Waals surface area (Å²) in [4.78, 5) is 38.9. The van der Waals surface area contributed by atoms with Gasteiger partial charge in [-0.3, -0.25) is 9.59 Å². The van der Waals surface area contributed by atoms with Crippen molar-refractivity contribution in [2.45, 2.75) is 130 Å². The lowest BCUT2D eigenvalue weighted by Crippen LogP contribution is -2.51. The number of rotatable bonds is 15. The van der Waals surface area contributed by atoms with E-state index in [1.807, 2.05) is 20.8 Å². The molecule has 0 spiro atoms. The Labute approximate surface area is 211 Å². The molecule has 0 radical (unpaired) electrons. The third-order valence-corrected chi connectivity index (χ3v) is 6.11. The number of aliphatic hydroxyl groups is 1. The summed E-state index contributed by atoms with van der Waals surface area (Å²) in [5.41, 5.74) is -3.06. The second kappa shape index (κ2) is 14.2. The zero-order valence-electron chi connectivity index (χ0n) is 22.9. The summed E-state index contributed by atoms with van der Waals surface area (Å²) < 4.78 is 22.2. The van der Waals surface area contributed by atoms with Gasteiger partial charge in [0.05, 0.1) is 19.4 Å². The molecule has 0 saturated carbocycles. The minimum atomic E-state index is -1.78. The molecule has 1 rings (SSSR count). The molecule has 1 heterocycles. The average Bonchev–Trinajstić information content (AvgIpc) is 3.07. The summed E-state index contributed by atoms with van der Waals surface area (Å²) in [6.45, 7) is 11.1. The van der Waals surface area contributed by atoms with Gasteiger partial charge in [-0.25, -0.2) is 4.79 Å². The number of carbonyl (C=O) groups excluding carboxylic acids is 3. The van der Waals surface area contributed by atoms with E-state index in [0.29, 0.717) is 12.8 Å². The molecule has 3 atom stereocenters. The normalized spacial score (nSPS) is 21.5. The van der Waals surface area contributed by atoms with Crippen molar-refractivity contribution < 1.29 is 38.4 Å². The average molecular weight is 501 g/mol. The summed E-state index contributed by atoms with van der Waals surface area (Å²) >= 11 is 0. The van der Waals surface area contributed by atoms with Crippen LogP contribution in [0.25, 0.3) is 0 Å². The first-order chi connectivity index (χ1) is 16.3. The highest BCUT2D eigenvalue weighted by molar-refractivity contribution is 5.92. The van der Waals surface area contributed by atoms with Crippen LogP contribution in [-0.4, -0.2) is 54.2 Å². The van der Waals surface area contributed by atoms with Gasteiger partial charge in [0.2, 0.25) is 6.29 Å². The van der Waals surface area contributed by atoms with E-state index in [1.165, 1.54) is 7.11 Å². The Balaban J connectivity index is 2.90. The van der Waals surface area contributed by atoms with E-state index in [-0.39, 0.29) is 6.61 Å². The number of ether oxygens (including phenoxy) is 4. The smallest absolute Gasteiger partial charge is 0.342 e. The SMILES string of the molecule is COC(=O)[C@H](CCCCCCCCCCCO)[C@@]1(CC(=O)OC(C)(C)C)O[C@@H](C(C)(C)C)OC1=O. The lowest BCUT2D eigenvalue weighted by atomic mass is 9.80. The Kier molecular flexibility index (Phi) is 12.7. The van der Waals surface area contributed by atoms with Crippen LogP contribution in [0.5, 0.6) is 0 Å². The van der Waals surface area contributed by atoms with E-state index < -0.39 is 53.2 Å². The van der Waals surface area contributed by atoms with E-state index in [2.05, 4.69) is 0 Å². The van der Waals surface area contributed by atoms with Gasteiger partial charge in [0.25, 0.3) is 0 Å². The summed E-state index contributed by atoms with van der Waals surface area (Å²) in [6, 6.07) is 0. The zero-order valence-corrected chi connectivity index (χ0v) is 22.9. The van der Waals surface area contributed by atoms with Crippen LogP contribution < -0.4 is 0 Å². The monoisotopic (exact) mass is 500 g/mol. The lowest BCUT2D eigenvalue weighted by Gasteiger charge is -2.33. The molecule has 204 valence electrons. The minimum Gasteiger partial charge on any atom is -0.469 e. The predicted octanol–water partition coefficient (Wildman–Crippen LogP) is 5.09. The van der Waals surface area contributed by atoms with Gasteiger partial charge in [0.15, 0.2) is 5.60 Å². The largest absolute Gasteiger partial charge is 0.469 e. The fraction of sp³-hybridized carbons (Fsp3) is 0.889. The number of hydrogen-bond acceptors (Lipinski definition) is 8. The van der Waals surface area contributed by atoms with Crippen LogP contribution in [0.1, 0.15) is 112 Å². The summed E-state index contributed by atoms with van der Waals surface area (Å²) in [6.07, 6.45) is 8.07. The quantitative estimate of drug-likeness (QED) is 0.188. The van der Waals surface area contributed by atoms with Gasteiger partial charge >= 0.3 is 17.9 Å². The van der Waals surface area contributed by atoms with Gasteiger partial charge in [-0.1, -0.05) is 72.1 Å². The molecule has 0 aromatic rings. The Morgan fingerprint density at radius 2 is 1.46 bits per heavy atom. The van der Waals surface area contributed by atoms with Gasteiger partial charge in [-0.2, -0.15) is 0 Å². The van der Waals surface area contributed by atoms with Gasteiger partial charge in [-0.15, -0.1) is 0 Å². The fourth-order valence-electron chi connectivity index (χ4n) is 4.25. The minimum absolute atomic E-state index is 0.255. The van der Waals surface area contributed by atoms with E-state index in [1.54, 1.807) is 20.8 Å². The number of hydrogen-bond donors (Lipinski definition) is 1.